The lowest BCUT2D eigenvalue weighted by molar-refractivity contribution is -0.127. The van der Waals surface area contributed by atoms with Crippen LogP contribution in [0.3, 0.4) is 0 Å². The molecule has 2 atom stereocenters. The molecule has 1 amide bonds. The Bertz CT molecular complexity index is 604. The summed E-state index contributed by atoms with van der Waals surface area (Å²) in [5.41, 5.74) is 0.959. The van der Waals surface area contributed by atoms with Crippen LogP contribution in [0.2, 0.25) is 0 Å². The van der Waals surface area contributed by atoms with Gasteiger partial charge in [0.05, 0.1) is 6.04 Å². The second-order valence-corrected chi connectivity index (χ2v) is 5.65. The first-order valence-electron chi connectivity index (χ1n) is 6.69. The van der Waals surface area contributed by atoms with Gasteiger partial charge in [0.1, 0.15) is 5.75 Å². The molecular formula is C16H17BrN2O2. The van der Waals surface area contributed by atoms with Gasteiger partial charge in [0.25, 0.3) is 5.91 Å². The number of halogens is 1. The molecule has 0 radical (unpaired) electrons. The van der Waals surface area contributed by atoms with Crippen LogP contribution in [-0.2, 0) is 4.79 Å². The highest BCUT2D eigenvalue weighted by Crippen LogP contribution is 2.19. The SMILES string of the molecule is C[C@H](NC(=O)[C@@H](C)Oc1cccc(Br)c1)c1cccnc1. The highest BCUT2D eigenvalue weighted by molar-refractivity contribution is 9.10. The maximum Gasteiger partial charge on any atom is 0.261 e. The molecule has 21 heavy (non-hydrogen) atoms. The molecule has 1 aromatic heterocycles. The van der Waals surface area contributed by atoms with Crippen molar-refractivity contribution in [1.29, 1.82) is 0 Å². The lowest BCUT2D eigenvalue weighted by Gasteiger charge is -2.18. The van der Waals surface area contributed by atoms with Crippen LogP contribution in [0.1, 0.15) is 25.5 Å². The normalized spacial score (nSPS) is 13.3. The standard InChI is InChI=1S/C16H17BrN2O2/c1-11(13-5-4-8-18-10-13)19-16(20)12(2)21-15-7-3-6-14(17)9-15/h3-12H,1-2H3,(H,19,20)/t11-,12+/m0/s1. The molecule has 0 aliphatic rings. The molecule has 0 fully saturated rings. The van der Waals surface area contributed by atoms with Crippen molar-refractivity contribution < 1.29 is 9.53 Å². The first-order valence-corrected chi connectivity index (χ1v) is 7.48. The third-order valence-electron chi connectivity index (χ3n) is 3.02. The summed E-state index contributed by atoms with van der Waals surface area (Å²) in [5.74, 6) is 0.493. The van der Waals surface area contributed by atoms with Gasteiger partial charge in [0.15, 0.2) is 6.10 Å². The molecule has 2 aromatic rings. The summed E-state index contributed by atoms with van der Waals surface area (Å²) in [7, 11) is 0. The Kier molecular flexibility index (Phi) is 5.33. The Morgan fingerprint density at radius 1 is 1.29 bits per heavy atom. The van der Waals surface area contributed by atoms with E-state index in [1.165, 1.54) is 0 Å². The van der Waals surface area contributed by atoms with Crippen molar-refractivity contribution >= 4 is 21.8 Å². The minimum absolute atomic E-state index is 0.111. The number of nitrogens with one attached hydrogen (secondary N) is 1. The van der Waals surface area contributed by atoms with E-state index in [1.807, 2.05) is 43.3 Å². The molecule has 110 valence electrons. The molecule has 0 saturated heterocycles. The van der Waals surface area contributed by atoms with Crippen molar-refractivity contribution in [2.75, 3.05) is 0 Å². The fourth-order valence-corrected chi connectivity index (χ4v) is 2.22. The van der Waals surface area contributed by atoms with E-state index in [2.05, 4.69) is 26.2 Å². The molecule has 0 bridgehead atoms. The molecule has 0 saturated carbocycles. The predicted octanol–water partition coefficient (Wildman–Crippen LogP) is 3.49. The number of amides is 1. The second-order valence-electron chi connectivity index (χ2n) is 4.73. The van der Waals surface area contributed by atoms with E-state index in [9.17, 15) is 4.79 Å². The maximum atomic E-state index is 12.1. The van der Waals surface area contributed by atoms with Crippen molar-refractivity contribution in [3.63, 3.8) is 0 Å². The van der Waals surface area contributed by atoms with Crippen LogP contribution in [0.25, 0.3) is 0 Å². The lowest BCUT2D eigenvalue weighted by Crippen LogP contribution is -2.37. The van der Waals surface area contributed by atoms with Crippen LogP contribution in [0, 0.1) is 0 Å². The molecule has 0 aliphatic carbocycles. The van der Waals surface area contributed by atoms with Gasteiger partial charge in [0.2, 0.25) is 0 Å². The third kappa shape index (κ3) is 4.56. The van der Waals surface area contributed by atoms with Gasteiger partial charge in [-0.2, -0.15) is 0 Å². The Morgan fingerprint density at radius 2 is 2.10 bits per heavy atom. The summed E-state index contributed by atoms with van der Waals surface area (Å²) in [6.45, 7) is 3.65. The van der Waals surface area contributed by atoms with Crippen LogP contribution in [0.5, 0.6) is 5.75 Å². The van der Waals surface area contributed by atoms with Crippen molar-refractivity contribution in [2.45, 2.75) is 26.0 Å². The van der Waals surface area contributed by atoms with Crippen molar-refractivity contribution in [3.05, 3.63) is 58.8 Å². The van der Waals surface area contributed by atoms with Gasteiger partial charge in [-0.3, -0.25) is 9.78 Å². The molecule has 2 rings (SSSR count). The van der Waals surface area contributed by atoms with Crippen LogP contribution in [0.15, 0.2) is 53.3 Å². The van der Waals surface area contributed by atoms with Gasteiger partial charge >= 0.3 is 0 Å². The molecule has 0 spiro atoms. The molecule has 1 N–H and O–H groups in total. The number of hydrogen-bond acceptors (Lipinski definition) is 3. The Hall–Kier alpha value is -1.88. The summed E-state index contributed by atoms with van der Waals surface area (Å²) in [5, 5.41) is 2.92. The molecular weight excluding hydrogens is 332 g/mol. The Morgan fingerprint density at radius 3 is 2.76 bits per heavy atom. The third-order valence-corrected chi connectivity index (χ3v) is 3.51. The maximum absolute atomic E-state index is 12.1. The summed E-state index contributed by atoms with van der Waals surface area (Å²) in [4.78, 5) is 16.2. The van der Waals surface area contributed by atoms with Crippen LogP contribution in [0.4, 0.5) is 0 Å². The lowest BCUT2D eigenvalue weighted by atomic mass is 10.1. The van der Waals surface area contributed by atoms with Crippen LogP contribution in [-0.4, -0.2) is 17.0 Å². The van der Waals surface area contributed by atoms with E-state index in [1.54, 1.807) is 19.3 Å². The van der Waals surface area contributed by atoms with E-state index in [-0.39, 0.29) is 11.9 Å². The number of benzene rings is 1. The zero-order valence-corrected chi connectivity index (χ0v) is 13.5. The van der Waals surface area contributed by atoms with Crippen LogP contribution >= 0.6 is 15.9 Å². The highest BCUT2D eigenvalue weighted by Gasteiger charge is 2.17. The summed E-state index contributed by atoms with van der Waals surface area (Å²) < 4.78 is 6.55. The van der Waals surface area contributed by atoms with Gasteiger partial charge in [-0.25, -0.2) is 0 Å². The first kappa shape index (κ1) is 15.5. The Balaban J connectivity index is 1.94. The zero-order chi connectivity index (χ0) is 15.2. The molecule has 0 unspecified atom stereocenters. The van der Waals surface area contributed by atoms with E-state index in [4.69, 9.17) is 4.74 Å². The fourth-order valence-electron chi connectivity index (χ4n) is 1.84. The average Bonchev–Trinajstić information content (AvgIpc) is 2.48. The largest absolute Gasteiger partial charge is 0.481 e. The number of carbonyl (C=O) groups excluding carboxylic acids is 1. The topological polar surface area (TPSA) is 51.2 Å². The number of aromatic nitrogens is 1. The summed E-state index contributed by atoms with van der Waals surface area (Å²) >= 11 is 3.37. The van der Waals surface area contributed by atoms with Gasteiger partial charge in [0, 0.05) is 16.9 Å². The smallest absolute Gasteiger partial charge is 0.261 e. The number of carbonyl (C=O) groups is 1. The van der Waals surface area contributed by atoms with Gasteiger partial charge < -0.3 is 10.1 Å². The fraction of sp³-hybridized carbons (Fsp3) is 0.250. The van der Waals surface area contributed by atoms with E-state index in [0.29, 0.717) is 5.75 Å². The molecule has 4 nitrogen and oxygen atoms in total. The minimum atomic E-state index is -0.571. The summed E-state index contributed by atoms with van der Waals surface area (Å²) in [6, 6.07) is 11.1. The number of rotatable bonds is 5. The molecule has 0 aliphatic heterocycles. The van der Waals surface area contributed by atoms with E-state index >= 15 is 0 Å². The monoisotopic (exact) mass is 348 g/mol. The van der Waals surface area contributed by atoms with Crippen molar-refractivity contribution in [1.82, 2.24) is 10.3 Å². The molecule has 5 heteroatoms. The quantitative estimate of drug-likeness (QED) is 0.899. The average molecular weight is 349 g/mol. The predicted molar refractivity (Wildman–Crippen MR) is 85.0 cm³/mol. The van der Waals surface area contributed by atoms with Crippen molar-refractivity contribution in [3.8, 4) is 5.75 Å². The first-order chi connectivity index (χ1) is 10.1. The van der Waals surface area contributed by atoms with Crippen LogP contribution < -0.4 is 10.1 Å². The van der Waals surface area contributed by atoms with Gasteiger partial charge in [-0.15, -0.1) is 0 Å². The number of ether oxygens (including phenoxy) is 1. The molecule has 1 aromatic carbocycles. The number of pyridine rings is 1. The number of hydrogen-bond donors (Lipinski definition) is 1. The van der Waals surface area contributed by atoms with Gasteiger partial charge in [-0.1, -0.05) is 28.1 Å². The highest BCUT2D eigenvalue weighted by atomic mass is 79.9. The summed E-state index contributed by atoms with van der Waals surface area (Å²) in [6.07, 6.45) is 2.88. The minimum Gasteiger partial charge on any atom is -0.481 e. The second kappa shape index (κ2) is 7.22. The van der Waals surface area contributed by atoms with Gasteiger partial charge in [-0.05, 0) is 43.7 Å². The number of nitrogens with zero attached hydrogens (tertiary/aromatic N) is 1. The van der Waals surface area contributed by atoms with Crippen molar-refractivity contribution in [2.24, 2.45) is 0 Å². The van der Waals surface area contributed by atoms with E-state index in [0.717, 1.165) is 10.0 Å². The Labute approximate surface area is 132 Å². The molecule has 1 heterocycles. The zero-order valence-electron chi connectivity index (χ0n) is 11.9. The van der Waals surface area contributed by atoms with E-state index < -0.39 is 6.10 Å².